The summed E-state index contributed by atoms with van der Waals surface area (Å²) in [6, 6.07) is 5.03. The van der Waals surface area contributed by atoms with Gasteiger partial charge in [0.05, 0.1) is 11.9 Å². The van der Waals surface area contributed by atoms with Gasteiger partial charge in [-0.15, -0.1) is 0 Å². The molecular weight excluding hydrogens is 282 g/mol. The van der Waals surface area contributed by atoms with Crippen LogP contribution in [0.2, 0.25) is 0 Å². The number of hydrogen-bond donors (Lipinski definition) is 1. The van der Waals surface area contributed by atoms with E-state index in [2.05, 4.69) is 6.58 Å². The number of nitrogens with zero attached hydrogens (tertiary/aromatic N) is 1. The molecule has 0 heterocycles. The molecule has 0 saturated heterocycles. The highest BCUT2D eigenvalue weighted by Crippen LogP contribution is 2.25. The van der Waals surface area contributed by atoms with E-state index in [0.29, 0.717) is 5.75 Å². The first-order valence-electron chi connectivity index (χ1n) is 5.83. The average molecular weight is 299 g/mol. The summed E-state index contributed by atoms with van der Waals surface area (Å²) in [5.74, 6) is -0.790. The van der Waals surface area contributed by atoms with Crippen molar-refractivity contribution in [2.45, 2.75) is 13.0 Å². The monoisotopic (exact) mass is 299 g/mol. The molecule has 20 heavy (non-hydrogen) atoms. The van der Waals surface area contributed by atoms with Crippen molar-refractivity contribution in [3.63, 3.8) is 0 Å². The topological polar surface area (TPSA) is 83.9 Å². The van der Waals surface area contributed by atoms with Gasteiger partial charge in [-0.3, -0.25) is 4.31 Å². The van der Waals surface area contributed by atoms with Crippen molar-refractivity contribution >= 4 is 21.7 Å². The van der Waals surface area contributed by atoms with Gasteiger partial charge in [0.25, 0.3) is 0 Å². The lowest BCUT2D eigenvalue weighted by Crippen LogP contribution is -2.42. The number of anilines is 1. The molecule has 0 aliphatic rings. The van der Waals surface area contributed by atoms with E-state index in [9.17, 15) is 13.2 Å². The molecule has 0 amide bonds. The maximum atomic E-state index is 11.8. The van der Waals surface area contributed by atoms with Crippen molar-refractivity contribution in [2.24, 2.45) is 0 Å². The fraction of sp³-hybridized carbons (Fsp3) is 0.308. The minimum Gasteiger partial charge on any atom is -0.489 e. The van der Waals surface area contributed by atoms with E-state index >= 15 is 0 Å². The van der Waals surface area contributed by atoms with Crippen molar-refractivity contribution in [1.82, 2.24) is 0 Å². The molecular formula is C13H17NO5S. The van der Waals surface area contributed by atoms with Crippen LogP contribution in [0.1, 0.15) is 6.92 Å². The summed E-state index contributed by atoms with van der Waals surface area (Å²) >= 11 is 0. The van der Waals surface area contributed by atoms with Crippen molar-refractivity contribution in [1.29, 1.82) is 0 Å². The lowest BCUT2D eigenvalue weighted by atomic mass is 10.2. The van der Waals surface area contributed by atoms with Gasteiger partial charge < -0.3 is 9.84 Å². The van der Waals surface area contributed by atoms with Crippen LogP contribution in [0.3, 0.4) is 0 Å². The van der Waals surface area contributed by atoms with Gasteiger partial charge in [-0.05, 0) is 19.1 Å². The van der Waals surface area contributed by atoms with E-state index in [1.807, 2.05) is 0 Å². The first-order chi connectivity index (χ1) is 9.27. The second-order valence-corrected chi connectivity index (χ2v) is 6.03. The van der Waals surface area contributed by atoms with E-state index in [1.165, 1.54) is 19.1 Å². The molecule has 0 saturated carbocycles. The zero-order valence-electron chi connectivity index (χ0n) is 11.3. The van der Waals surface area contributed by atoms with Crippen molar-refractivity contribution in [2.75, 3.05) is 17.2 Å². The van der Waals surface area contributed by atoms with Crippen LogP contribution in [-0.4, -0.2) is 38.4 Å². The predicted octanol–water partition coefficient (Wildman–Crippen LogP) is 1.49. The molecule has 0 aliphatic carbocycles. The Bertz CT molecular complexity index is 597. The molecule has 1 atom stereocenters. The lowest BCUT2D eigenvalue weighted by Gasteiger charge is -2.26. The molecule has 0 radical (unpaired) electrons. The van der Waals surface area contributed by atoms with Crippen LogP contribution >= 0.6 is 0 Å². The van der Waals surface area contributed by atoms with Crippen LogP contribution < -0.4 is 9.04 Å². The van der Waals surface area contributed by atoms with Gasteiger partial charge in [0.2, 0.25) is 10.0 Å². The van der Waals surface area contributed by atoms with Crippen molar-refractivity contribution < 1.29 is 23.1 Å². The Morgan fingerprint density at radius 3 is 2.70 bits per heavy atom. The van der Waals surface area contributed by atoms with Crippen LogP contribution in [0, 0.1) is 0 Å². The average Bonchev–Trinajstić information content (AvgIpc) is 2.35. The molecule has 1 rings (SSSR count). The molecule has 6 nitrogen and oxygen atoms in total. The number of sulfonamides is 1. The Morgan fingerprint density at radius 2 is 2.20 bits per heavy atom. The second kappa shape index (κ2) is 6.42. The number of aliphatic carboxylic acids is 1. The largest absolute Gasteiger partial charge is 0.489 e. The van der Waals surface area contributed by atoms with Gasteiger partial charge in [-0.2, -0.15) is 0 Å². The summed E-state index contributed by atoms with van der Waals surface area (Å²) in [5, 5.41) is 9.04. The quantitative estimate of drug-likeness (QED) is 0.771. The summed E-state index contributed by atoms with van der Waals surface area (Å²) < 4.78 is 29.8. The number of hydrogen-bond acceptors (Lipinski definition) is 4. The van der Waals surface area contributed by atoms with Gasteiger partial charge in [0.15, 0.2) is 0 Å². The minimum absolute atomic E-state index is 0.240. The SMILES string of the molecule is C=CCOc1cccc(N(C(C)C(=O)O)S(C)(=O)=O)c1. The van der Waals surface area contributed by atoms with Crippen LogP contribution in [-0.2, 0) is 14.8 Å². The van der Waals surface area contributed by atoms with E-state index in [-0.39, 0.29) is 12.3 Å². The van der Waals surface area contributed by atoms with Crippen LogP contribution in [0.5, 0.6) is 5.75 Å². The Labute approximate surface area is 118 Å². The molecule has 0 bridgehead atoms. The molecule has 0 fully saturated rings. The molecule has 110 valence electrons. The molecule has 7 heteroatoms. The second-order valence-electron chi connectivity index (χ2n) is 4.17. The zero-order valence-corrected chi connectivity index (χ0v) is 12.1. The molecule has 1 unspecified atom stereocenters. The lowest BCUT2D eigenvalue weighted by molar-refractivity contribution is -0.137. The Balaban J connectivity index is 3.21. The number of benzene rings is 1. The van der Waals surface area contributed by atoms with Crippen molar-refractivity contribution in [3.05, 3.63) is 36.9 Å². The molecule has 1 N–H and O–H groups in total. The van der Waals surface area contributed by atoms with Gasteiger partial charge in [-0.1, -0.05) is 18.7 Å². The number of ether oxygens (including phenoxy) is 1. The standard InChI is InChI=1S/C13H17NO5S/c1-4-8-19-12-7-5-6-11(9-12)14(20(3,17)18)10(2)13(15)16/h4-7,9-10H,1,8H2,2-3H3,(H,15,16). The molecule has 1 aromatic rings. The van der Waals surface area contributed by atoms with Crippen LogP contribution in [0.4, 0.5) is 5.69 Å². The number of carbonyl (C=O) groups is 1. The first-order valence-corrected chi connectivity index (χ1v) is 7.68. The normalized spacial score (nSPS) is 12.5. The third-order valence-corrected chi connectivity index (χ3v) is 3.75. The summed E-state index contributed by atoms with van der Waals surface area (Å²) in [7, 11) is -3.72. The van der Waals surface area contributed by atoms with Crippen molar-refractivity contribution in [3.8, 4) is 5.75 Å². The fourth-order valence-electron chi connectivity index (χ4n) is 1.67. The van der Waals surface area contributed by atoms with Gasteiger partial charge in [-0.25, -0.2) is 13.2 Å². The number of carboxylic acid groups (broad SMARTS) is 1. The Morgan fingerprint density at radius 1 is 1.55 bits per heavy atom. The van der Waals surface area contributed by atoms with Gasteiger partial charge in [0, 0.05) is 6.07 Å². The maximum Gasteiger partial charge on any atom is 0.327 e. The zero-order chi connectivity index (χ0) is 15.3. The minimum atomic E-state index is -3.72. The predicted molar refractivity (Wildman–Crippen MR) is 76.6 cm³/mol. The van der Waals surface area contributed by atoms with E-state index in [4.69, 9.17) is 9.84 Å². The van der Waals surface area contributed by atoms with E-state index in [0.717, 1.165) is 10.6 Å². The van der Waals surface area contributed by atoms with Gasteiger partial charge in [0.1, 0.15) is 18.4 Å². The summed E-state index contributed by atoms with van der Waals surface area (Å²) in [4.78, 5) is 11.1. The summed E-state index contributed by atoms with van der Waals surface area (Å²) in [5.41, 5.74) is 0.240. The Kier molecular flexibility index (Phi) is 5.15. The highest BCUT2D eigenvalue weighted by Gasteiger charge is 2.28. The highest BCUT2D eigenvalue weighted by atomic mass is 32.2. The molecule has 0 aliphatic heterocycles. The van der Waals surface area contributed by atoms with E-state index < -0.39 is 22.0 Å². The summed E-state index contributed by atoms with van der Waals surface area (Å²) in [6.07, 6.45) is 2.52. The fourth-order valence-corrected chi connectivity index (χ4v) is 2.83. The Hall–Kier alpha value is -2.02. The smallest absolute Gasteiger partial charge is 0.327 e. The van der Waals surface area contributed by atoms with Crippen LogP contribution in [0.25, 0.3) is 0 Å². The third-order valence-electron chi connectivity index (χ3n) is 2.51. The molecule has 1 aromatic carbocycles. The third kappa shape index (κ3) is 3.99. The highest BCUT2D eigenvalue weighted by molar-refractivity contribution is 7.92. The number of carboxylic acids is 1. The molecule has 0 aromatic heterocycles. The van der Waals surface area contributed by atoms with Gasteiger partial charge >= 0.3 is 5.97 Å². The van der Waals surface area contributed by atoms with E-state index in [1.54, 1.807) is 18.2 Å². The molecule has 0 spiro atoms. The number of rotatable bonds is 7. The van der Waals surface area contributed by atoms with Crippen LogP contribution in [0.15, 0.2) is 36.9 Å². The first kappa shape index (κ1) is 16.0. The summed E-state index contributed by atoms with van der Waals surface area (Å²) in [6.45, 7) is 5.10. The maximum absolute atomic E-state index is 11.8.